The second-order valence-electron chi connectivity index (χ2n) is 11.9. The molecule has 1 fully saturated rings. The Bertz CT molecular complexity index is 1970. The Kier molecular flexibility index (Phi) is 8.81. The van der Waals surface area contributed by atoms with E-state index in [1.165, 1.54) is 25.7 Å². The molecule has 3 heterocycles. The molecule has 47 heavy (non-hydrogen) atoms. The highest BCUT2D eigenvalue weighted by atomic mass is 16.5. The van der Waals surface area contributed by atoms with Crippen molar-refractivity contribution in [2.45, 2.75) is 38.8 Å². The van der Waals surface area contributed by atoms with Crippen LogP contribution in [-0.4, -0.2) is 38.1 Å². The quantitative estimate of drug-likeness (QED) is 0.116. The lowest BCUT2D eigenvalue weighted by molar-refractivity contribution is 0.103. The molecule has 0 unspecified atom stereocenters. The molecule has 234 valence electrons. The van der Waals surface area contributed by atoms with E-state index in [2.05, 4.69) is 19.9 Å². The van der Waals surface area contributed by atoms with Gasteiger partial charge in [-0.05, 0) is 42.5 Å². The van der Waals surface area contributed by atoms with Gasteiger partial charge in [0.25, 0.3) is 0 Å². The summed E-state index contributed by atoms with van der Waals surface area (Å²) in [6.07, 6.45) is 11.9. The zero-order valence-electron chi connectivity index (χ0n) is 26.3. The highest BCUT2D eigenvalue weighted by molar-refractivity contribution is 6.17. The van der Waals surface area contributed by atoms with E-state index in [0.29, 0.717) is 35.2 Å². The molecule has 0 saturated heterocycles. The van der Waals surface area contributed by atoms with Gasteiger partial charge < -0.3 is 14.6 Å². The van der Waals surface area contributed by atoms with E-state index in [1.54, 1.807) is 25.7 Å². The molecule has 0 aliphatic heterocycles. The van der Waals surface area contributed by atoms with Crippen molar-refractivity contribution in [3.05, 3.63) is 144 Å². The number of anilines is 1. The molecule has 0 spiro atoms. The second kappa shape index (κ2) is 13.8. The summed E-state index contributed by atoms with van der Waals surface area (Å²) >= 11 is 0. The summed E-state index contributed by atoms with van der Waals surface area (Å²) in [5.74, 6) is 1.76. The number of fused-ring (bicyclic) bond motifs is 1. The number of carbonyl (C=O) groups excluding carboxylic acids is 1. The summed E-state index contributed by atoms with van der Waals surface area (Å²) < 4.78 is 7.41. The molecule has 0 amide bonds. The Hall–Kier alpha value is -5.63. The number of hydrogen-bond acceptors (Lipinski definition) is 7. The number of nitrogens with one attached hydrogen (secondary N) is 1. The second-order valence-corrected chi connectivity index (χ2v) is 11.9. The number of aromatic nitrogens is 4. The molecule has 7 rings (SSSR count). The molecule has 1 N–H and O–H groups in total. The summed E-state index contributed by atoms with van der Waals surface area (Å²) in [6.45, 7) is 1.39. The summed E-state index contributed by atoms with van der Waals surface area (Å²) in [5.41, 5.74) is 6.26. The Morgan fingerprint density at radius 2 is 1.60 bits per heavy atom. The van der Waals surface area contributed by atoms with Gasteiger partial charge in [-0.3, -0.25) is 9.78 Å². The maximum Gasteiger partial charge on any atom is 0.224 e. The van der Waals surface area contributed by atoms with Gasteiger partial charge in [-0.1, -0.05) is 85.6 Å². The van der Waals surface area contributed by atoms with Gasteiger partial charge in [-0.15, -0.1) is 0 Å². The zero-order valence-corrected chi connectivity index (χ0v) is 26.3. The van der Waals surface area contributed by atoms with Gasteiger partial charge in [-0.2, -0.15) is 4.98 Å². The van der Waals surface area contributed by atoms with Gasteiger partial charge in [0.15, 0.2) is 5.78 Å². The van der Waals surface area contributed by atoms with Crippen LogP contribution in [0.1, 0.15) is 58.3 Å². The minimum Gasteiger partial charge on any atom is -0.497 e. The average Bonchev–Trinajstić information content (AvgIpc) is 3.78. The largest absolute Gasteiger partial charge is 0.497 e. The Morgan fingerprint density at radius 1 is 0.894 bits per heavy atom. The maximum atomic E-state index is 14.2. The van der Waals surface area contributed by atoms with E-state index in [-0.39, 0.29) is 5.78 Å². The van der Waals surface area contributed by atoms with E-state index in [4.69, 9.17) is 14.7 Å². The molecule has 1 saturated carbocycles. The van der Waals surface area contributed by atoms with Crippen molar-refractivity contribution in [2.24, 2.45) is 10.9 Å². The average molecular weight is 621 g/mol. The highest BCUT2D eigenvalue weighted by Gasteiger charge is 2.23. The molecule has 0 radical (unpaired) electrons. The van der Waals surface area contributed by atoms with Crippen molar-refractivity contribution >= 4 is 34.2 Å². The lowest BCUT2D eigenvalue weighted by Gasteiger charge is -2.11. The first kappa shape index (κ1) is 30.0. The normalized spacial score (nSPS) is 13.0. The molecule has 3 aromatic carbocycles. The van der Waals surface area contributed by atoms with Crippen LogP contribution in [0.25, 0.3) is 11.0 Å². The fourth-order valence-electron chi connectivity index (χ4n) is 6.25. The molecule has 8 nitrogen and oxygen atoms in total. The predicted molar refractivity (Wildman–Crippen MR) is 186 cm³/mol. The molecular weight excluding hydrogens is 584 g/mol. The maximum absolute atomic E-state index is 14.2. The third-order valence-corrected chi connectivity index (χ3v) is 8.72. The zero-order chi connectivity index (χ0) is 32.0. The van der Waals surface area contributed by atoms with Crippen LogP contribution in [0, 0.1) is 5.92 Å². The van der Waals surface area contributed by atoms with Crippen LogP contribution in [-0.2, 0) is 13.1 Å². The predicted octanol–water partition coefficient (Wildman–Crippen LogP) is 8.04. The first-order valence-electron chi connectivity index (χ1n) is 16.1. The Labute approximate surface area is 274 Å². The van der Waals surface area contributed by atoms with Gasteiger partial charge in [-0.25, -0.2) is 9.98 Å². The topological polar surface area (TPSA) is 94.3 Å². The van der Waals surface area contributed by atoms with Gasteiger partial charge in [0.2, 0.25) is 5.95 Å². The molecule has 0 bridgehead atoms. The summed E-state index contributed by atoms with van der Waals surface area (Å²) in [7, 11) is 1.66. The number of aliphatic imine (C=N–C) groups is 1. The van der Waals surface area contributed by atoms with Crippen LogP contribution in [0.3, 0.4) is 0 Å². The van der Waals surface area contributed by atoms with Gasteiger partial charge >= 0.3 is 0 Å². The minimum atomic E-state index is -0.131. The molecular formula is C39H36N6O2. The van der Waals surface area contributed by atoms with Crippen molar-refractivity contribution in [3.63, 3.8) is 0 Å². The molecule has 8 heteroatoms. The summed E-state index contributed by atoms with van der Waals surface area (Å²) in [4.78, 5) is 33.1. The lowest BCUT2D eigenvalue weighted by Crippen LogP contribution is -2.08. The first-order valence-corrected chi connectivity index (χ1v) is 16.1. The van der Waals surface area contributed by atoms with E-state index in [9.17, 15) is 4.79 Å². The van der Waals surface area contributed by atoms with Crippen LogP contribution in [0.4, 0.5) is 11.6 Å². The van der Waals surface area contributed by atoms with Crippen molar-refractivity contribution < 1.29 is 9.53 Å². The summed E-state index contributed by atoms with van der Waals surface area (Å²) in [5, 5.41) is 4.08. The van der Waals surface area contributed by atoms with Crippen molar-refractivity contribution in [2.75, 3.05) is 12.4 Å². The number of nitrogens with zero attached hydrogens (tertiary/aromatic N) is 5. The number of rotatable bonds is 11. The van der Waals surface area contributed by atoms with Crippen LogP contribution in [0.2, 0.25) is 0 Å². The van der Waals surface area contributed by atoms with E-state index in [1.807, 2.05) is 97.2 Å². The minimum absolute atomic E-state index is 0.131. The van der Waals surface area contributed by atoms with Crippen molar-refractivity contribution in [1.29, 1.82) is 0 Å². The number of methoxy groups -OCH3 is 1. The van der Waals surface area contributed by atoms with Crippen molar-refractivity contribution in [3.8, 4) is 5.75 Å². The fraction of sp³-hybridized carbons (Fsp3) is 0.205. The lowest BCUT2D eigenvalue weighted by atomic mass is 10.0. The van der Waals surface area contributed by atoms with E-state index >= 15 is 0 Å². The summed E-state index contributed by atoms with van der Waals surface area (Å²) in [6, 6.07) is 29.8. The molecule has 0 atom stereocenters. The number of hydrogen-bond donors (Lipinski definition) is 1. The monoisotopic (exact) mass is 620 g/mol. The molecule has 1 aliphatic rings. The van der Waals surface area contributed by atoms with Crippen LogP contribution < -0.4 is 10.1 Å². The van der Waals surface area contributed by atoms with Gasteiger partial charge in [0.05, 0.1) is 30.3 Å². The third-order valence-electron chi connectivity index (χ3n) is 8.72. The van der Waals surface area contributed by atoms with E-state index in [0.717, 1.165) is 45.7 Å². The first-order chi connectivity index (χ1) is 23.1. The van der Waals surface area contributed by atoms with Crippen molar-refractivity contribution in [1.82, 2.24) is 19.5 Å². The number of ketones is 1. The van der Waals surface area contributed by atoms with Crippen LogP contribution >= 0.6 is 0 Å². The van der Waals surface area contributed by atoms with Gasteiger partial charge in [0, 0.05) is 53.8 Å². The Morgan fingerprint density at radius 3 is 2.28 bits per heavy atom. The third kappa shape index (κ3) is 6.82. The molecule has 6 aromatic rings. The molecule has 3 aromatic heterocycles. The standard InChI is InChI=1S/C39H36N6O2/c1-47-33-18-16-27(17-19-33)21-41-39-42-24-34-35(26-45(38(34)44-39)25-28-10-8-9-11-28)37(46)31-20-32(23-40-22-31)43-36(29-12-4-2-5-13-29)30-14-6-3-7-15-30/h2-7,12-20,22-24,26,28H,8-11,21,25H2,1H3,(H,41,42,44). The van der Waals surface area contributed by atoms with E-state index < -0.39 is 0 Å². The van der Waals surface area contributed by atoms with Crippen LogP contribution in [0.5, 0.6) is 5.75 Å². The SMILES string of the molecule is COc1ccc(CNc2ncc3c(C(=O)c4cncc(N=C(c5ccccc5)c5ccccc5)c4)cn(CC4CCCC4)c3n2)cc1. The Balaban J connectivity index is 1.21. The number of ether oxygens (including phenoxy) is 1. The number of carbonyl (C=O) groups is 1. The number of pyridine rings is 1. The number of benzene rings is 3. The molecule has 1 aliphatic carbocycles. The van der Waals surface area contributed by atoms with Gasteiger partial charge in [0.1, 0.15) is 11.4 Å². The highest BCUT2D eigenvalue weighted by Crippen LogP contribution is 2.30. The van der Waals surface area contributed by atoms with Crippen LogP contribution in [0.15, 0.2) is 121 Å². The fourth-order valence-corrected chi connectivity index (χ4v) is 6.25. The smallest absolute Gasteiger partial charge is 0.224 e.